The van der Waals surface area contributed by atoms with Crippen LogP contribution in [0.2, 0.25) is 0 Å². The van der Waals surface area contributed by atoms with Crippen molar-refractivity contribution in [1.82, 2.24) is 0 Å². The molecule has 0 amide bonds. The van der Waals surface area contributed by atoms with Crippen molar-refractivity contribution in [1.29, 1.82) is 0 Å². The van der Waals surface area contributed by atoms with Gasteiger partial charge in [0, 0.05) is 11.8 Å². The van der Waals surface area contributed by atoms with Gasteiger partial charge in [0.1, 0.15) is 0 Å². The molecule has 0 fully saturated rings. The molecule has 0 aromatic rings. The molecule has 0 aliphatic heterocycles. The molecule has 11 heavy (non-hydrogen) atoms. The van der Waals surface area contributed by atoms with Crippen LogP contribution in [0.3, 0.4) is 0 Å². The van der Waals surface area contributed by atoms with Crippen molar-refractivity contribution < 1.29 is 4.79 Å². The summed E-state index contributed by atoms with van der Waals surface area (Å²) in [5.74, 6) is 0. The van der Waals surface area contributed by atoms with E-state index in [1.54, 1.807) is 0 Å². The number of hydrogen-bond donors (Lipinski definition) is 0. The Balaban J connectivity index is 0. The molecule has 0 rings (SSSR count). The second kappa shape index (κ2) is 11.6. The molecule has 0 saturated heterocycles. The Bertz CT molecular complexity index is 98.4. The van der Waals surface area contributed by atoms with Gasteiger partial charge in [-0.25, -0.2) is 0 Å². The fourth-order valence-electron chi connectivity index (χ4n) is 0.712. The molecule has 0 aliphatic carbocycles. The van der Waals surface area contributed by atoms with E-state index in [9.17, 15) is 4.79 Å². The van der Waals surface area contributed by atoms with Gasteiger partial charge in [-0.05, 0) is 28.8 Å². The zero-order valence-electron chi connectivity index (χ0n) is 5.91. The van der Waals surface area contributed by atoms with E-state index >= 15 is 0 Å². The molecule has 0 aromatic heterocycles. The van der Waals surface area contributed by atoms with Gasteiger partial charge in [0.25, 0.3) is 0 Å². The summed E-state index contributed by atoms with van der Waals surface area (Å²) in [6.07, 6.45) is 5.32. The van der Waals surface area contributed by atoms with Crippen molar-refractivity contribution in [2.45, 2.75) is 32.1 Å². The molecule has 0 bridgehead atoms. The van der Waals surface area contributed by atoms with Crippen LogP contribution < -0.4 is 0 Å². The van der Waals surface area contributed by atoms with Gasteiger partial charge in [0.15, 0.2) is 4.69 Å². The maximum atomic E-state index is 10.4. The Morgan fingerprint density at radius 3 is 2.09 bits per heavy atom. The van der Waals surface area contributed by atoms with Crippen LogP contribution in [-0.2, 0) is 4.79 Å². The van der Waals surface area contributed by atoms with Crippen LogP contribution in [0, 0.1) is 0 Å². The first-order valence-electron chi connectivity index (χ1n) is 3.51. The van der Waals surface area contributed by atoms with Crippen LogP contribution in [0.25, 0.3) is 0 Å². The van der Waals surface area contributed by atoms with Crippen molar-refractivity contribution in [3.05, 3.63) is 0 Å². The number of rotatable bonds is 6. The third-order valence-electron chi connectivity index (χ3n) is 1.26. The molecule has 62 valence electrons. The van der Waals surface area contributed by atoms with Gasteiger partial charge in [-0.15, -0.1) is 0 Å². The molecule has 0 saturated carbocycles. The van der Waals surface area contributed by atoms with E-state index in [1.807, 2.05) is 0 Å². The zero-order chi connectivity index (χ0) is 7.82. The van der Waals surface area contributed by atoms with E-state index in [2.05, 4.69) is 31.9 Å². The van der Waals surface area contributed by atoms with E-state index in [4.69, 9.17) is 0 Å². The minimum absolute atomic E-state index is 0. The number of hydrogen-bond acceptors (Lipinski definition) is 1. The molecule has 0 N–H and O–H groups in total. The Hall–Kier alpha value is 1.63. The summed E-state index contributed by atoms with van der Waals surface area (Å²) in [5, 5.41) is 1.08. The average molecular weight is 296 g/mol. The molecule has 0 atom stereocenters. The molecule has 4 heteroatoms. The van der Waals surface area contributed by atoms with Crippen molar-refractivity contribution >= 4 is 66.1 Å². The number of carbonyl (C=O) groups excluding carboxylic acids is 1. The Kier molecular flexibility index (Phi) is 16.0. The standard InChI is InChI=1S/C7H12Br2O.Na.H/c8-6-4-2-1-3-5-7(9)10;;/h1-6H2;;. The van der Waals surface area contributed by atoms with Crippen LogP contribution in [0.5, 0.6) is 0 Å². The summed E-state index contributed by atoms with van der Waals surface area (Å²) in [4.78, 5) is 10.4. The van der Waals surface area contributed by atoms with Crippen LogP contribution in [0.15, 0.2) is 0 Å². The number of halogens is 2. The van der Waals surface area contributed by atoms with Crippen LogP contribution in [0.4, 0.5) is 0 Å². The fourth-order valence-corrected chi connectivity index (χ4v) is 1.39. The molecule has 0 aliphatic rings. The van der Waals surface area contributed by atoms with Gasteiger partial charge in [0.05, 0.1) is 0 Å². The topological polar surface area (TPSA) is 17.1 Å². The summed E-state index contributed by atoms with van der Waals surface area (Å²) < 4.78 is 0.131. The maximum absolute atomic E-state index is 10.4. The second-order valence-corrected chi connectivity index (χ2v) is 3.89. The predicted molar refractivity (Wildman–Crippen MR) is 58.0 cm³/mol. The number of unbranched alkanes of at least 4 members (excludes halogenated alkanes) is 3. The first-order chi connectivity index (χ1) is 4.77. The van der Waals surface area contributed by atoms with Gasteiger partial charge in [-0.3, -0.25) is 4.79 Å². The average Bonchev–Trinajstić information content (AvgIpc) is 1.87. The number of carbonyl (C=O) groups is 1. The molecule has 0 heterocycles. The van der Waals surface area contributed by atoms with Gasteiger partial charge in [-0.2, -0.15) is 0 Å². The second-order valence-electron chi connectivity index (χ2n) is 2.21. The molecule has 0 unspecified atom stereocenters. The quantitative estimate of drug-likeness (QED) is 0.319. The van der Waals surface area contributed by atoms with Gasteiger partial charge in [0.2, 0.25) is 0 Å². The van der Waals surface area contributed by atoms with Crippen LogP contribution >= 0.6 is 31.9 Å². The summed E-state index contributed by atoms with van der Waals surface area (Å²) >= 11 is 6.25. The molecule has 0 spiro atoms. The third kappa shape index (κ3) is 14.5. The van der Waals surface area contributed by atoms with E-state index in [0.29, 0.717) is 6.42 Å². The predicted octanol–water partition coefficient (Wildman–Crippen LogP) is 2.60. The van der Waals surface area contributed by atoms with Crippen molar-refractivity contribution in [3.8, 4) is 0 Å². The van der Waals surface area contributed by atoms with Crippen molar-refractivity contribution in [2.24, 2.45) is 0 Å². The Labute approximate surface area is 107 Å². The molecule has 0 radical (unpaired) electrons. The Morgan fingerprint density at radius 2 is 1.64 bits per heavy atom. The van der Waals surface area contributed by atoms with E-state index in [-0.39, 0.29) is 34.2 Å². The zero-order valence-corrected chi connectivity index (χ0v) is 9.08. The van der Waals surface area contributed by atoms with E-state index < -0.39 is 0 Å². The van der Waals surface area contributed by atoms with E-state index in [0.717, 1.165) is 11.8 Å². The molecular formula is C7H13Br2NaO. The van der Waals surface area contributed by atoms with Gasteiger partial charge >= 0.3 is 29.6 Å². The number of alkyl halides is 1. The fraction of sp³-hybridized carbons (Fsp3) is 0.857. The summed E-state index contributed by atoms with van der Waals surface area (Å²) in [6, 6.07) is 0. The molecular weight excluding hydrogens is 283 g/mol. The molecule has 0 aromatic carbocycles. The van der Waals surface area contributed by atoms with Gasteiger partial charge in [-0.1, -0.05) is 28.8 Å². The minimum atomic E-state index is 0. The van der Waals surface area contributed by atoms with Crippen molar-refractivity contribution in [3.63, 3.8) is 0 Å². The SMILES string of the molecule is O=C(Br)CCCCCCBr.[NaH]. The monoisotopic (exact) mass is 294 g/mol. The van der Waals surface area contributed by atoms with Crippen LogP contribution in [-0.4, -0.2) is 39.6 Å². The van der Waals surface area contributed by atoms with Crippen molar-refractivity contribution in [2.75, 3.05) is 5.33 Å². The van der Waals surface area contributed by atoms with Crippen LogP contribution in [0.1, 0.15) is 32.1 Å². The van der Waals surface area contributed by atoms with E-state index in [1.165, 1.54) is 19.3 Å². The molecule has 1 nitrogen and oxygen atoms in total. The van der Waals surface area contributed by atoms with Gasteiger partial charge < -0.3 is 0 Å². The summed E-state index contributed by atoms with van der Waals surface area (Å²) in [6.45, 7) is 0. The third-order valence-corrected chi connectivity index (χ3v) is 2.21. The summed E-state index contributed by atoms with van der Waals surface area (Å²) in [7, 11) is 0. The normalized spacial score (nSPS) is 8.91. The first-order valence-corrected chi connectivity index (χ1v) is 5.43. The Morgan fingerprint density at radius 1 is 1.09 bits per heavy atom. The summed E-state index contributed by atoms with van der Waals surface area (Å²) in [5.41, 5.74) is 0. The first kappa shape index (κ1) is 15.1.